The molecule has 0 aliphatic carbocycles. The summed E-state index contributed by atoms with van der Waals surface area (Å²) in [6.07, 6.45) is 1.32. The minimum atomic E-state index is -3.97. The lowest BCUT2D eigenvalue weighted by Crippen LogP contribution is -2.04. The Morgan fingerprint density at radius 1 is 1.03 bits per heavy atom. The third kappa shape index (κ3) is 5.27. The molecule has 7 heteroatoms. The summed E-state index contributed by atoms with van der Waals surface area (Å²) in [5.41, 5.74) is 1.46. The van der Waals surface area contributed by atoms with Gasteiger partial charge >= 0.3 is 0 Å². The van der Waals surface area contributed by atoms with E-state index in [2.05, 4.69) is 15.9 Å². The van der Waals surface area contributed by atoms with E-state index in [1.807, 2.05) is 24.3 Å². The maximum Gasteiger partial charge on any atom is 0.216 e. The molecule has 0 aliphatic heterocycles. The fraction of sp³-hybridized carbons (Fsp3) is 0.0455. The molecule has 3 aromatic carbocycles. The lowest BCUT2D eigenvalue weighted by Gasteiger charge is -2.10. The molecule has 0 unspecified atom stereocenters. The van der Waals surface area contributed by atoms with Crippen molar-refractivity contribution in [2.45, 2.75) is 11.5 Å². The van der Waals surface area contributed by atoms with Crippen molar-refractivity contribution in [2.24, 2.45) is 0 Å². The van der Waals surface area contributed by atoms with Gasteiger partial charge in [-0.15, -0.1) is 0 Å². The molecule has 0 fully saturated rings. The minimum absolute atomic E-state index is 0.00274. The molecule has 0 aromatic heterocycles. The number of allylic oxidation sites excluding steroid dienone is 1. The lowest BCUT2D eigenvalue weighted by atomic mass is 10.2. The van der Waals surface area contributed by atoms with Gasteiger partial charge in [-0.1, -0.05) is 57.9 Å². The number of ether oxygens (including phenoxy) is 1. The summed E-state index contributed by atoms with van der Waals surface area (Å²) in [7, 11) is -3.97. The van der Waals surface area contributed by atoms with Crippen LogP contribution in [-0.2, 0) is 16.4 Å². The van der Waals surface area contributed by atoms with Crippen LogP contribution in [0.15, 0.2) is 87.1 Å². The molecule has 0 aliphatic rings. The standard InChI is InChI=1S/C22H15BrClNO3S/c23-18-7-5-16(6-8-18)15-28-22-4-2-1-3-17(22)13-21(14-25)29(26,27)20-11-9-19(24)10-12-20/h1-13H,15H2. The van der Waals surface area contributed by atoms with Gasteiger partial charge in [0.2, 0.25) is 9.84 Å². The van der Waals surface area contributed by atoms with E-state index in [0.717, 1.165) is 10.0 Å². The first-order valence-electron chi connectivity index (χ1n) is 8.49. The van der Waals surface area contributed by atoms with Crippen LogP contribution < -0.4 is 4.74 Å². The second kappa shape index (κ2) is 9.27. The van der Waals surface area contributed by atoms with Gasteiger partial charge in [0.1, 0.15) is 23.3 Å². The Kier molecular flexibility index (Phi) is 6.75. The Balaban J connectivity index is 1.91. The van der Waals surface area contributed by atoms with Crippen LogP contribution in [-0.4, -0.2) is 8.42 Å². The van der Waals surface area contributed by atoms with Gasteiger partial charge < -0.3 is 4.74 Å². The molecule has 0 bridgehead atoms. The third-order valence-corrected chi connectivity index (χ3v) is 6.50. The molecule has 0 spiro atoms. The van der Waals surface area contributed by atoms with Crippen LogP contribution in [0, 0.1) is 11.3 Å². The van der Waals surface area contributed by atoms with Crippen LogP contribution in [0.3, 0.4) is 0 Å². The normalized spacial score (nSPS) is 11.7. The van der Waals surface area contributed by atoms with Crippen molar-refractivity contribution < 1.29 is 13.2 Å². The summed E-state index contributed by atoms with van der Waals surface area (Å²) in [4.78, 5) is -0.373. The highest BCUT2D eigenvalue weighted by Gasteiger charge is 2.21. The average molecular weight is 489 g/mol. The highest BCUT2D eigenvalue weighted by atomic mass is 79.9. The van der Waals surface area contributed by atoms with Gasteiger partial charge in [0.15, 0.2) is 0 Å². The maximum absolute atomic E-state index is 12.8. The molecule has 0 radical (unpaired) electrons. The van der Waals surface area contributed by atoms with Gasteiger partial charge in [-0.25, -0.2) is 8.42 Å². The van der Waals surface area contributed by atoms with Gasteiger partial charge in [0.05, 0.1) is 4.90 Å². The van der Waals surface area contributed by atoms with Gasteiger partial charge in [-0.05, 0) is 54.1 Å². The quantitative estimate of drug-likeness (QED) is 0.398. The summed E-state index contributed by atoms with van der Waals surface area (Å²) in [6.45, 7) is 0.309. The van der Waals surface area contributed by atoms with Gasteiger partial charge in [-0.3, -0.25) is 0 Å². The van der Waals surface area contributed by atoms with Crippen molar-refractivity contribution >= 4 is 43.4 Å². The number of hydrogen-bond donors (Lipinski definition) is 0. The Morgan fingerprint density at radius 3 is 2.34 bits per heavy atom. The first-order valence-corrected chi connectivity index (χ1v) is 11.1. The minimum Gasteiger partial charge on any atom is -0.488 e. The van der Waals surface area contributed by atoms with E-state index in [-0.39, 0.29) is 9.80 Å². The first kappa shape index (κ1) is 21.1. The monoisotopic (exact) mass is 487 g/mol. The van der Waals surface area contributed by atoms with Gasteiger partial charge in [0.25, 0.3) is 0 Å². The highest BCUT2D eigenvalue weighted by Crippen LogP contribution is 2.27. The second-order valence-electron chi connectivity index (χ2n) is 6.03. The fourth-order valence-corrected chi connectivity index (χ4v) is 4.07. The van der Waals surface area contributed by atoms with Crippen molar-refractivity contribution in [1.82, 2.24) is 0 Å². The zero-order valence-electron chi connectivity index (χ0n) is 15.0. The third-order valence-electron chi connectivity index (χ3n) is 4.04. The molecule has 0 saturated carbocycles. The van der Waals surface area contributed by atoms with Crippen LogP contribution in [0.25, 0.3) is 6.08 Å². The van der Waals surface area contributed by atoms with E-state index in [9.17, 15) is 13.7 Å². The molecule has 4 nitrogen and oxygen atoms in total. The first-order chi connectivity index (χ1) is 13.9. The van der Waals surface area contributed by atoms with E-state index in [1.165, 1.54) is 30.3 Å². The molecule has 0 saturated heterocycles. The van der Waals surface area contributed by atoms with E-state index >= 15 is 0 Å². The molecular formula is C22H15BrClNO3S. The molecule has 0 amide bonds. The van der Waals surface area contributed by atoms with Crippen LogP contribution in [0.5, 0.6) is 5.75 Å². The van der Waals surface area contributed by atoms with Crippen molar-refractivity contribution in [2.75, 3.05) is 0 Å². The lowest BCUT2D eigenvalue weighted by molar-refractivity contribution is 0.305. The van der Waals surface area contributed by atoms with E-state index < -0.39 is 9.84 Å². The molecular weight excluding hydrogens is 474 g/mol. The molecule has 0 atom stereocenters. The molecule has 3 aromatic rings. The molecule has 0 N–H and O–H groups in total. The summed E-state index contributed by atoms with van der Waals surface area (Å²) in [6, 6.07) is 22.1. The number of benzene rings is 3. The van der Waals surface area contributed by atoms with Crippen LogP contribution in [0.4, 0.5) is 0 Å². The highest BCUT2D eigenvalue weighted by molar-refractivity contribution is 9.10. The number of sulfone groups is 1. The number of halogens is 2. The van der Waals surface area contributed by atoms with Crippen molar-refractivity contribution in [3.8, 4) is 11.8 Å². The Bertz CT molecular complexity index is 1180. The molecule has 146 valence electrons. The van der Waals surface area contributed by atoms with Crippen LogP contribution in [0.1, 0.15) is 11.1 Å². The van der Waals surface area contributed by atoms with E-state index in [4.69, 9.17) is 16.3 Å². The van der Waals surface area contributed by atoms with E-state index in [1.54, 1.807) is 30.3 Å². The Labute approximate surface area is 183 Å². The van der Waals surface area contributed by atoms with Gasteiger partial charge in [0, 0.05) is 15.1 Å². The zero-order valence-corrected chi connectivity index (χ0v) is 18.2. The van der Waals surface area contributed by atoms with Gasteiger partial charge in [-0.2, -0.15) is 5.26 Å². The predicted octanol–water partition coefficient (Wildman–Crippen LogP) is 6.02. The van der Waals surface area contributed by atoms with E-state index in [0.29, 0.717) is 22.9 Å². The summed E-state index contributed by atoms with van der Waals surface area (Å²) < 4.78 is 32.5. The molecule has 0 heterocycles. The summed E-state index contributed by atoms with van der Waals surface area (Å²) in [5.74, 6) is 0.481. The topological polar surface area (TPSA) is 67.2 Å². The molecule has 29 heavy (non-hydrogen) atoms. The smallest absolute Gasteiger partial charge is 0.216 e. The maximum atomic E-state index is 12.8. The molecule has 3 rings (SSSR count). The number of nitriles is 1. The van der Waals surface area contributed by atoms with Crippen molar-refractivity contribution in [3.63, 3.8) is 0 Å². The SMILES string of the molecule is N#CC(=Cc1ccccc1OCc1ccc(Br)cc1)S(=O)(=O)c1ccc(Cl)cc1. The van der Waals surface area contributed by atoms with Crippen molar-refractivity contribution in [3.05, 3.63) is 98.3 Å². The van der Waals surface area contributed by atoms with Crippen LogP contribution in [0.2, 0.25) is 5.02 Å². The Morgan fingerprint density at radius 2 is 1.69 bits per heavy atom. The number of hydrogen-bond acceptors (Lipinski definition) is 4. The Hall–Kier alpha value is -2.59. The number of nitrogens with zero attached hydrogens (tertiary/aromatic N) is 1. The number of para-hydroxylation sites is 1. The van der Waals surface area contributed by atoms with Crippen molar-refractivity contribution in [1.29, 1.82) is 5.26 Å². The summed E-state index contributed by atoms with van der Waals surface area (Å²) in [5, 5.41) is 9.91. The van der Waals surface area contributed by atoms with Crippen LogP contribution >= 0.6 is 27.5 Å². The fourth-order valence-electron chi connectivity index (χ4n) is 2.52. The number of rotatable bonds is 6. The summed E-state index contributed by atoms with van der Waals surface area (Å²) >= 11 is 9.21. The largest absolute Gasteiger partial charge is 0.488 e. The zero-order chi connectivity index (χ0) is 20.9. The second-order valence-corrected chi connectivity index (χ2v) is 9.30. The average Bonchev–Trinajstić information content (AvgIpc) is 2.72. The predicted molar refractivity (Wildman–Crippen MR) is 117 cm³/mol.